The summed E-state index contributed by atoms with van der Waals surface area (Å²) in [5.74, 6) is -1.68. The molecule has 1 aliphatic rings. The summed E-state index contributed by atoms with van der Waals surface area (Å²) in [4.78, 5) is 24.9. The second kappa shape index (κ2) is 8.35. The van der Waals surface area contributed by atoms with Gasteiger partial charge in [-0.25, -0.2) is 0 Å². The number of rotatable bonds is 5. The van der Waals surface area contributed by atoms with Crippen molar-refractivity contribution < 1.29 is 32.6 Å². The van der Waals surface area contributed by atoms with Gasteiger partial charge in [-0.1, -0.05) is 12.1 Å². The number of carboxylic acids is 1. The SMILES string of the molecule is CC(=CC(=O)N(CC(=O)O)C1CCOCC1)c1cccc(C(F)(F)F)c1. The number of allylic oxidation sites excluding steroid dienone is 1. The number of hydrogen-bond donors (Lipinski definition) is 1. The van der Waals surface area contributed by atoms with Crippen LogP contribution in [-0.2, 0) is 20.5 Å². The molecule has 1 aromatic rings. The third-order valence-corrected chi connectivity index (χ3v) is 4.21. The highest BCUT2D eigenvalue weighted by atomic mass is 19.4. The second-order valence-electron chi connectivity index (χ2n) is 6.11. The maximum absolute atomic E-state index is 12.8. The molecule has 1 fully saturated rings. The van der Waals surface area contributed by atoms with Gasteiger partial charge in [0, 0.05) is 25.3 Å². The van der Waals surface area contributed by atoms with E-state index in [9.17, 15) is 22.8 Å². The Balaban J connectivity index is 2.24. The van der Waals surface area contributed by atoms with E-state index in [1.807, 2.05) is 0 Å². The summed E-state index contributed by atoms with van der Waals surface area (Å²) in [5.41, 5.74) is -0.207. The molecule has 0 bridgehead atoms. The lowest BCUT2D eigenvalue weighted by atomic mass is 10.0. The summed E-state index contributed by atoms with van der Waals surface area (Å²) < 4.78 is 43.7. The molecule has 1 amide bonds. The molecule has 1 saturated heterocycles. The molecule has 0 aromatic heterocycles. The smallest absolute Gasteiger partial charge is 0.416 e. The third-order valence-electron chi connectivity index (χ3n) is 4.21. The molecule has 0 radical (unpaired) electrons. The van der Waals surface area contributed by atoms with E-state index in [2.05, 4.69) is 0 Å². The number of halogens is 3. The molecule has 0 atom stereocenters. The first kappa shape index (κ1) is 20.0. The number of carbonyl (C=O) groups is 2. The topological polar surface area (TPSA) is 66.8 Å². The fourth-order valence-corrected chi connectivity index (χ4v) is 2.82. The van der Waals surface area contributed by atoms with Crippen LogP contribution in [0.3, 0.4) is 0 Å². The number of ether oxygens (including phenoxy) is 1. The van der Waals surface area contributed by atoms with Crippen molar-refractivity contribution in [1.82, 2.24) is 4.90 Å². The van der Waals surface area contributed by atoms with Crippen molar-refractivity contribution in [3.05, 3.63) is 41.5 Å². The molecule has 26 heavy (non-hydrogen) atoms. The van der Waals surface area contributed by atoms with Gasteiger partial charge in [0.15, 0.2) is 0 Å². The number of benzene rings is 1. The normalized spacial score (nSPS) is 16.4. The van der Waals surface area contributed by atoms with Gasteiger partial charge < -0.3 is 14.7 Å². The first-order valence-electron chi connectivity index (χ1n) is 8.14. The summed E-state index contributed by atoms with van der Waals surface area (Å²) in [6, 6.07) is 4.41. The van der Waals surface area contributed by atoms with Crippen LogP contribution in [0.25, 0.3) is 5.57 Å². The zero-order valence-electron chi connectivity index (χ0n) is 14.3. The van der Waals surface area contributed by atoms with E-state index in [1.54, 1.807) is 0 Å². The number of aliphatic carboxylic acids is 1. The van der Waals surface area contributed by atoms with Crippen molar-refractivity contribution in [1.29, 1.82) is 0 Å². The van der Waals surface area contributed by atoms with Crippen LogP contribution in [0.1, 0.15) is 30.9 Å². The lowest BCUT2D eigenvalue weighted by molar-refractivity contribution is -0.145. The molecule has 8 heteroatoms. The van der Waals surface area contributed by atoms with Crippen LogP contribution in [0.4, 0.5) is 13.2 Å². The van der Waals surface area contributed by atoms with Gasteiger partial charge in [0.2, 0.25) is 5.91 Å². The maximum Gasteiger partial charge on any atom is 0.416 e. The van der Waals surface area contributed by atoms with E-state index in [4.69, 9.17) is 9.84 Å². The average molecular weight is 371 g/mol. The molecule has 0 spiro atoms. The standard InChI is InChI=1S/C18H20F3NO4/c1-12(13-3-2-4-14(10-13)18(19,20)21)9-16(23)22(11-17(24)25)15-5-7-26-8-6-15/h2-4,9-10,15H,5-8,11H2,1H3,(H,24,25). The molecule has 1 N–H and O–H groups in total. The predicted molar refractivity (Wildman–Crippen MR) is 88.3 cm³/mol. The monoisotopic (exact) mass is 371 g/mol. The lowest BCUT2D eigenvalue weighted by Crippen LogP contribution is -2.45. The van der Waals surface area contributed by atoms with E-state index >= 15 is 0 Å². The van der Waals surface area contributed by atoms with E-state index in [1.165, 1.54) is 30.0 Å². The molecule has 0 saturated carbocycles. The molecule has 0 aliphatic carbocycles. The molecule has 2 rings (SSSR count). The summed E-state index contributed by atoms with van der Waals surface area (Å²) in [7, 11) is 0. The average Bonchev–Trinajstić information content (AvgIpc) is 2.59. The number of carboxylic acid groups (broad SMARTS) is 1. The molecule has 0 unspecified atom stereocenters. The zero-order chi connectivity index (χ0) is 19.3. The van der Waals surface area contributed by atoms with Gasteiger partial charge in [-0.3, -0.25) is 9.59 Å². The van der Waals surface area contributed by atoms with Crippen LogP contribution in [0, 0.1) is 0 Å². The highest BCUT2D eigenvalue weighted by Crippen LogP contribution is 2.31. The summed E-state index contributed by atoms with van der Waals surface area (Å²) in [6.07, 6.45) is -2.24. The van der Waals surface area contributed by atoms with Gasteiger partial charge in [0.1, 0.15) is 6.54 Å². The first-order valence-corrected chi connectivity index (χ1v) is 8.14. The van der Waals surface area contributed by atoms with Gasteiger partial charge in [-0.2, -0.15) is 13.2 Å². The second-order valence-corrected chi connectivity index (χ2v) is 6.11. The number of alkyl halides is 3. The Kier molecular flexibility index (Phi) is 6.42. The minimum atomic E-state index is -4.47. The van der Waals surface area contributed by atoms with Crippen LogP contribution in [0.5, 0.6) is 0 Å². The molecule has 142 valence electrons. The molecule has 5 nitrogen and oxygen atoms in total. The minimum absolute atomic E-state index is 0.260. The Labute approximate surface area is 149 Å². The summed E-state index contributed by atoms with van der Waals surface area (Å²) >= 11 is 0. The van der Waals surface area contributed by atoms with E-state index in [0.29, 0.717) is 31.6 Å². The molecule has 1 aliphatic heterocycles. The maximum atomic E-state index is 12.8. The largest absolute Gasteiger partial charge is 0.480 e. The number of nitrogens with zero attached hydrogens (tertiary/aromatic N) is 1. The van der Waals surface area contributed by atoms with Crippen LogP contribution in [0.2, 0.25) is 0 Å². The third kappa shape index (κ3) is 5.32. The van der Waals surface area contributed by atoms with Crippen molar-refractivity contribution in [3.63, 3.8) is 0 Å². The van der Waals surface area contributed by atoms with E-state index in [-0.39, 0.29) is 11.6 Å². The van der Waals surface area contributed by atoms with Gasteiger partial charge >= 0.3 is 12.1 Å². The summed E-state index contributed by atoms with van der Waals surface area (Å²) in [5, 5.41) is 9.07. The Bertz CT molecular complexity index is 694. The molecular weight excluding hydrogens is 351 g/mol. The van der Waals surface area contributed by atoms with Crippen LogP contribution >= 0.6 is 0 Å². The van der Waals surface area contributed by atoms with Crippen LogP contribution < -0.4 is 0 Å². The molecular formula is C18H20F3NO4. The predicted octanol–water partition coefficient (Wildman–Crippen LogP) is 3.20. The fourth-order valence-electron chi connectivity index (χ4n) is 2.82. The summed E-state index contributed by atoms with van der Waals surface area (Å²) in [6.45, 7) is 1.93. The highest BCUT2D eigenvalue weighted by molar-refractivity contribution is 5.96. The van der Waals surface area contributed by atoms with E-state index < -0.39 is 30.2 Å². The quantitative estimate of drug-likeness (QED) is 0.808. The fraction of sp³-hybridized carbons (Fsp3) is 0.444. The Hall–Kier alpha value is -2.35. The van der Waals surface area contributed by atoms with Gasteiger partial charge in [0.05, 0.1) is 5.56 Å². The first-order chi connectivity index (χ1) is 12.2. The van der Waals surface area contributed by atoms with Crippen molar-refractivity contribution in [3.8, 4) is 0 Å². The Morgan fingerprint density at radius 2 is 1.96 bits per heavy atom. The zero-order valence-corrected chi connectivity index (χ0v) is 14.3. The van der Waals surface area contributed by atoms with E-state index in [0.717, 1.165) is 12.1 Å². The molecule has 1 aromatic carbocycles. The van der Waals surface area contributed by atoms with Crippen molar-refractivity contribution in [2.75, 3.05) is 19.8 Å². The van der Waals surface area contributed by atoms with Gasteiger partial charge in [0.25, 0.3) is 0 Å². The molecule has 1 heterocycles. The Morgan fingerprint density at radius 3 is 2.54 bits per heavy atom. The van der Waals surface area contributed by atoms with Crippen LogP contribution in [-0.4, -0.2) is 47.7 Å². The van der Waals surface area contributed by atoms with Crippen molar-refractivity contribution >= 4 is 17.4 Å². The lowest BCUT2D eigenvalue weighted by Gasteiger charge is -2.32. The highest BCUT2D eigenvalue weighted by Gasteiger charge is 2.30. The number of amides is 1. The van der Waals surface area contributed by atoms with Crippen LogP contribution in [0.15, 0.2) is 30.3 Å². The van der Waals surface area contributed by atoms with Gasteiger partial charge in [-0.15, -0.1) is 0 Å². The number of carbonyl (C=O) groups excluding carboxylic acids is 1. The number of hydrogen-bond acceptors (Lipinski definition) is 3. The van der Waals surface area contributed by atoms with Gasteiger partial charge in [-0.05, 0) is 43.0 Å². The van der Waals surface area contributed by atoms with Crippen molar-refractivity contribution in [2.24, 2.45) is 0 Å². The van der Waals surface area contributed by atoms with Crippen molar-refractivity contribution in [2.45, 2.75) is 32.0 Å². The minimum Gasteiger partial charge on any atom is -0.480 e. The Morgan fingerprint density at radius 1 is 1.31 bits per heavy atom.